The molecule has 1 aromatic heterocycles. The van der Waals surface area contributed by atoms with E-state index in [0.29, 0.717) is 5.69 Å². The fourth-order valence-corrected chi connectivity index (χ4v) is 2.85. The van der Waals surface area contributed by atoms with E-state index in [1.807, 2.05) is 19.0 Å². The summed E-state index contributed by atoms with van der Waals surface area (Å²) in [7, 11) is 1.34. The molecule has 2 rings (SSSR count). The molecule has 1 amide bonds. The highest BCUT2D eigenvalue weighted by Gasteiger charge is 2.17. The topological polar surface area (TPSA) is 91.4 Å². The zero-order valence-corrected chi connectivity index (χ0v) is 14.9. The number of sulfonamides is 1. The number of amides is 1. The van der Waals surface area contributed by atoms with Gasteiger partial charge in [0.25, 0.3) is 5.91 Å². The lowest BCUT2D eigenvalue weighted by Gasteiger charge is -2.12. The monoisotopic (exact) mass is 368 g/mol. The van der Waals surface area contributed by atoms with Crippen molar-refractivity contribution in [2.75, 3.05) is 31.4 Å². The summed E-state index contributed by atoms with van der Waals surface area (Å²) < 4.78 is 25.9. The zero-order valence-electron chi connectivity index (χ0n) is 13.4. The third-order valence-corrected chi connectivity index (χ3v) is 4.97. The second kappa shape index (κ2) is 7.16. The van der Waals surface area contributed by atoms with E-state index in [-0.39, 0.29) is 15.5 Å². The van der Waals surface area contributed by atoms with Crippen LogP contribution in [-0.2, 0) is 10.0 Å². The summed E-state index contributed by atoms with van der Waals surface area (Å²) in [6.45, 7) is 0. The molecule has 0 bridgehead atoms. The van der Waals surface area contributed by atoms with Gasteiger partial charge >= 0.3 is 0 Å². The summed E-state index contributed by atoms with van der Waals surface area (Å²) in [5.41, 5.74) is 0.535. The van der Waals surface area contributed by atoms with E-state index < -0.39 is 15.9 Å². The van der Waals surface area contributed by atoms with Crippen LogP contribution in [-0.4, -0.2) is 40.5 Å². The first kappa shape index (κ1) is 18.2. The van der Waals surface area contributed by atoms with Crippen LogP contribution in [0.25, 0.3) is 0 Å². The van der Waals surface area contributed by atoms with Crippen LogP contribution < -0.4 is 14.9 Å². The van der Waals surface area contributed by atoms with Gasteiger partial charge in [0.05, 0.1) is 27.4 Å². The van der Waals surface area contributed by atoms with Gasteiger partial charge in [0.1, 0.15) is 5.82 Å². The molecule has 0 aliphatic rings. The molecule has 0 saturated heterocycles. The molecular formula is C15H17ClN4O3S. The number of carbonyl (C=O) groups excluding carboxylic acids is 1. The Balaban J connectivity index is 2.28. The number of halogens is 1. The Bertz CT molecular complexity index is 852. The van der Waals surface area contributed by atoms with Gasteiger partial charge in [0, 0.05) is 14.1 Å². The van der Waals surface area contributed by atoms with Crippen LogP contribution in [0.15, 0.2) is 41.4 Å². The first-order valence-corrected chi connectivity index (χ1v) is 8.78. The van der Waals surface area contributed by atoms with Gasteiger partial charge < -0.3 is 10.2 Å². The molecule has 0 saturated carbocycles. The normalized spacial score (nSPS) is 11.2. The maximum absolute atomic E-state index is 12.4. The molecule has 1 heterocycles. The summed E-state index contributed by atoms with van der Waals surface area (Å²) >= 11 is 6.02. The molecule has 24 heavy (non-hydrogen) atoms. The maximum Gasteiger partial charge on any atom is 0.257 e. The van der Waals surface area contributed by atoms with Crippen LogP contribution in [0.3, 0.4) is 0 Å². The Hall–Kier alpha value is -2.16. The molecule has 9 heteroatoms. The summed E-state index contributed by atoms with van der Waals surface area (Å²) in [6, 6.07) is 7.37. The van der Waals surface area contributed by atoms with Gasteiger partial charge in [-0.2, -0.15) is 0 Å². The average molecular weight is 369 g/mol. The molecule has 0 atom stereocenters. The Labute approximate surface area is 145 Å². The van der Waals surface area contributed by atoms with E-state index in [4.69, 9.17) is 11.6 Å². The summed E-state index contributed by atoms with van der Waals surface area (Å²) in [5, 5.41) is 2.80. The van der Waals surface area contributed by atoms with Crippen LogP contribution >= 0.6 is 11.6 Å². The van der Waals surface area contributed by atoms with E-state index in [2.05, 4.69) is 15.0 Å². The highest BCUT2D eigenvalue weighted by molar-refractivity contribution is 7.89. The van der Waals surface area contributed by atoms with Crippen LogP contribution in [0.2, 0.25) is 5.02 Å². The molecule has 0 radical (unpaired) electrons. The number of pyridine rings is 1. The van der Waals surface area contributed by atoms with E-state index in [1.54, 1.807) is 12.1 Å². The van der Waals surface area contributed by atoms with Crippen molar-refractivity contribution in [1.29, 1.82) is 0 Å². The first-order chi connectivity index (χ1) is 11.2. The number of benzene rings is 1. The molecule has 0 aliphatic heterocycles. The third-order valence-electron chi connectivity index (χ3n) is 3.23. The van der Waals surface area contributed by atoms with Crippen molar-refractivity contribution in [2.24, 2.45) is 0 Å². The standard InChI is InChI=1S/C15H17ClN4O3S/c1-17-24(22,23)11-5-6-13(16)12(8-11)15(21)19-10-4-7-14(18-9-10)20(2)3/h4-9,17H,1-3H3,(H,19,21). The smallest absolute Gasteiger partial charge is 0.257 e. The summed E-state index contributed by atoms with van der Waals surface area (Å²) in [6.07, 6.45) is 1.51. The quantitative estimate of drug-likeness (QED) is 0.841. The lowest BCUT2D eigenvalue weighted by atomic mass is 10.2. The van der Waals surface area contributed by atoms with Crippen LogP contribution in [0, 0.1) is 0 Å². The largest absolute Gasteiger partial charge is 0.363 e. The Kier molecular flexibility index (Phi) is 5.43. The fourth-order valence-electron chi connectivity index (χ4n) is 1.89. The van der Waals surface area contributed by atoms with Crippen molar-refractivity contribution in [3.63, 3.8) is 0 Å². The molecule has 2 N–H and O–H groups in total. The minimum atomic E-state index is -3.67. The summed E-state index contributed by atoms with van der Waals surface area (Å²) in [5.74, 6) is 0.223. The Morgan fingerprint density at radius 2 is 1.92 bits per heavy atom. The predicted molar refractivity (Wildman–Crippen MR) is 94.2 cm³/mol. The lowest BCUT2D eigenvalue weighted by Crippen LogP contribution is -2.20. The van der Waals surface area contributed by atoms with Crippen molar-refractivity contribution in [3.05, 3.63) is 47.1 Å². The van der Waals surface area contributed by atoms with Gasteiger partial charge in [-0.15, -0.1) is 0 Å². The second-order valence-corrected chi connectivity index (χ2v) is 7.40. The van der Waals surface area contributed by atoms with Crippen LogP contribution in [0.5, 0.6) is 0 Å². The van der Waals surface area contributed by atoms with Gasteiger partial charge in [0.2, 0.25) is 10.0 Å². The number of anilines is 2. The van der Waals surface area contributed by atoms with Crippen molar-refractivity contribution >= 4 is 39.0 Å². The maximum atomic E-state index is 12.4. The van der Waals surface area contributed by atoms with Crippen molar-refractivity contribution in [2.45, 2.75) is 4.90 Å². The Morgan fingerprint density at radius 1 is 1.21 bits per heavy atom. The van der Waals surface area contributed by atoms with Gasteiger partial charge in [-0.05, 0) is 37.4 Å². The minimum absolute atomic E-state index is 0.0411. The highest BCUT2D eigenvalue weighted by Crippen LogP contribution is 2.22. The number of carbonyl (C=O) groups is 1. The highest BCUT2D eigenvalue weighted by atomic mass is 35.5. The molecule has 0 unspecified atom stereocenters. The molecule has 0 spiro atoms. The zero-order chi connectivity index (χ0) is 17.9. The number of hydrogen-bond acceptors (Lipinski definition) is 5. The van der Waals surface area contributed by atoms with E-state index >= 15 is 0 Å². The van der Waals surface area contributed by atoms with E-state index in [0.717, 1.165) is 5.82 Å². The Morgan fingerprint density at radius 3 is 2.46 bits per heavy atom. The van der Waals surface area contributed by atoms with Gasteiger partial charge in [-0.1, -0.05) is 11.6 Å². The van der Waals surface area contributed by atoms with Crippen LogP contribution in [0.1, 0.15) is 10.4 Å². The number of nitrogens with one attached hydrogen (secondary N) is 2. The molecule has 1 aromatic carbocycles. The molecule has 128 valence electrons. The number of rotatable bonds is 5. The number of nitrogens with zero attached hydrogens (tertiary/aromatic N) is 2. The van der Waals surface area contributed by atoms with Crippen molar-refractivity contribution in [3.8, 4) is 0 Å². The van der Waals surface area contributed by atoms with Gasteiger partial charge in [-0.3, -0.25) is 4.79 Å². The molecule has 0 aliphatic carbocycles. The van der Waals surface area contributed by atoms with Gasteiger partial charge in [-0.25, -0.2) is 18.1 Å². The minimum Gasteiger partial charge on any atom is -0.363 e. The molecule has 2 aromatic rings. The van der Waals surface area contributed by atoms with Crippen molar-refractivity contribution in [1.82, 2.24) is 9.71 Å². The molecular weight excluding hydrogens is 352 g/mol. The van der Waals surface area contributed by atoms with E-state index in [9.17, 15) is 13.2 Å². The third kappa shape index (κ3) is 4.02. The van der Waals surface area contributed by atoms with E-state index in [1.165, 1.54) is 31.4 Å². The molecule has 0 fully saturated rings. The number of aromatic nitrogens is 1. The second-order valence-electron chi connectivity index (χ2n) is 5.10. The fraction of sp³-hybridized carbons (Fsp3) is 0.200. The SMILES string of the molecule is CNS(=O)(=O)c1ccc(Cl)c(C(=O)Nc2ccc(N(C)C)nc2)c1. The average Bonchev–Trinajstić information content (AvgIpc) is 2.55. The van der Waals surface area contributed by atoms with Crippen molar-refractivity contribution < 1.29 is 13.2 Å². The van der Waals surface area contributed by atoms with Crippen LogP contribution in [0.4, 0.5) is 11.5 Å². The van der Waals surface area contributed by atoms with Gasteiger partial charge in [0.15, 0.2) is 0 Å². The lowest BCUT2D eigenvalue weighted by molar-refractivity contribution is 0.102. The molecule has 7 nitrogen and oxygen atoms in total. The first-order valence-electron chi connectivity index (χ1n) is 6.92. The number of hydrogen-bond donors (Lipinski definition) is 2. The summed E-state index contributed by atoms with van der Waals surface area (Å²) in [4.78, 5) is 18.3. The predicted octanol–water partition coefficient (Wildman–Crippen LogP) is 1.96.